The molecule has 112 valence electrons. The maximum absolute atomic E-state index is 6.42. The van der Waals surface area contributed by atoms with Gasteiger partial charge in [0.2, 0.25) is 0 Å². The lowest BCUT2D eigenvalue weighted by atomic mass is 10.1. The van der Waals surface area contributed by atoms with Crippen LogP contribution in [0.1, 0.15) is 32.3 Å². The van der Waals surface area contributed by atoms with Crippen molar-refractivity contribution in [3.8, 4) is 0 Å². The van der Waals surface area contributed by atoms with Crippen LogP contribution in [-0.4, -0.2) is 32.3 Å². The smallest absolute Gasteiger partial charge is 0.0670 e. The predicted molar refractivity (Wildman–Crippen MR) is 85.7 cm³/mol. The standard InChI is InChI=1S/C16H25ClN2O/c1-3-7-18-11-13-5-6-15(10-16(13)17)19-8-9-20-12-14(19)4-2/h5-6,10,14,18H,3-4,7-9,11-12H2,1-2H3. The number of anilines is 1. The summed E-state index contributed by atoms with van der Waals surface area (Å²) >= 11 is 6.42. The van der Waals surface area contributed by atoms with E-state index in [2.05, 4.69) is 42.3 Å². The molecule has 1 aliphatic heterocycles. The van der Waals surface area contributed by atoms with Gasteiger partial charge < -0.3 is 15.0 Å². The van der Waals surface area contributed by atoms with E-state index in [4.69, 9.17) is 16.3 Å². The summed E-state index contributed by atoms with van der Waals surface area (Å²) in [7, 11) is 0. The number of ether oxygens (including phenoxy) is 1. The minimum Gasteiger partial charge on any atom is -0.377 e. The molecule has 4 heteroatoms. The number of morpholine rings is 1. The van der Waals surface area contributed by atoms with E-state index in [1.807, 2.05) is 0 Å². The fourth-order valence-electron chi connectivity index (χ4n) is 2.59. The number of nitrogens with one attached hydrogen (secondary N) is 1. The highest BCUT2D eigenvalue weighted by Crippen LogP contribution is 2.27. The van der Waals surface area contributed by atoms with E-state index in [0.29, 0.717) is 6.04 Å². The Balaban J connectivity index is 2.07. The summed E-state index contributed by atoms with van der Waals surface area (Å²) in [5, 5.41) is 4.25. The zero-order valence-corrected chi connectivity index (χ0v) is 13.2. The number of hydrogen-bond acceptors (Lipinski definition) is 3. The second-order valence-electron chi connectivity index (χ2n) is 5.28. The second-order valence-corrected chi connectivity index (χ2v) is 5.69. The van der Waals surface area contributed by atoms with Crippen LogP contribution in [0.2, 0.25) is 5.02 Å². The third kappa shape index (κ3) is 3.87. The number of rotatable bonds is 6. The molecule has 0 aromatic heterocycles. The van der Waals surface area contributed by atoms with Crippen LogP contribution in [-0.2, 0) is 11.3 Å². The minimum atomic E-state index is 0.462. The first kappa shape index (κ1) is 15.6. The lowest BCUT2D eigenvalue weighted by molar-refractivity contribution is 0.0930. The predicted octanol–water partition coefficient (Wildman–Crippen LogP) is 3.45. The molecule has 0 radical (unpaired) electrons. The fourth-order valence-corrected chi connectivity index (χ4v) is 2.83. The second kappa shape index (κ2) is 7.87. The van der Waals surface area contributed by atoms with Crippen molar-refractivity contribution in [3.63, 3.8) is 0 Å². The van der Waals surface area contributed by atoms with Crippen molar-refractivity contribution in [1.29, 1.82) is 0 Å². The molecule has 1 N–H and O–H groups in total. The highest BCUT2D eigenvalue weighted by molar-refractivity contribution is 6.31. The van der Waals surface area contributed by atoms with E-state index >= 15 is 0 Å². The van der Waals surface area contributed by atoms with Gasteiger partial charge in [0.15, 0.2) is 0 Å². The van der Waals surface area contributed by atoms with Crippen LogP contribution in [0.4, 0.5) is 5.69 Å². The average Bonchev–Trinajstić information content (AvgIpc) is 2.49. The topological polar surface area (TPSA) is 24.5 Å². The maximum atomic E-state index is 6.42. The molecule has 0 bridgehead atoms. The molecular weight excluding hydrogens is 272 g/mol. The van der Waals surface area contributed by atoms with E-state index in [9.17, 15) is 0 Å². The van der Waals surface area contributed by atoms with Crippen LogP contribution in [0.3, 0.4) is 0 Å². The molecule has 20 heavy (non-hydrogen) atoms. The largest absolute Gasteiger partial charge is 0.377 e. The van der Waals surface area contributed by atoms with Crippen LogP contribution >= 0.6 is 11.6 Å². The Hall–Kier alpha value is -0.770. The summed E-state index contributed by atoms with van der Waals surface area (Å²) < 4.78 is 5.56. The lowest BCUT2D eigenvalue weighted by Gasteiger charge is -2.37. The first-order valence-corrected chi connectivity index (χ1v) is 7.97. The summed E-state index contributed by atoms with van der Waals surface area (Å²) in [6.07, 6.45) is 2.24. The highest BCUT2D eigenvalue weighted by Gasteiger charge is 2.22. The van der Waals surface area contributed by atoms with Crippen LogP contribution in [0, 0.1) is 0 Å². The molecule has 2 rings (SSSR count). The van der Waals surface area contributed by atoms with Crippen LogP contribution < -0.4 is 10.2 Å². The summed E-state index contributed by atoms with van der Waals surface area (Å²) in [6, 6.07) is 6.88. The Morgan fingerprint density at radius 1 is 1.40 bits per heavy atom. The van der Waals surface area contributed by atoms with Gasteiger partial charge in [-0.2, -0.15) is 0 Å². The third-order valence-corrected chi connectivity index (χ3v) is 4.16. The van der Waals surface area contributed by atoms with Crippen molar-refractivity contribution in [1.82, 2.24) is 5.32 Å². The van der Waals surface area contributed by atoms with Gasteiger partial charge in [-0.1, -0.05) is 31.5 Å². The lowest BCUT2D eigenvalue weighted by Crippen LogP contribution is -2.45. The molecule has 1 fully saturated rings. The van der Waals surface area contributed by atoms with Crippen LogP contribution in [0.25, 0.3) is 0 Å². The molecule has 1 heterocycles. The SMILES string of the molecule is CCCNCc1ccc(N2CCOCC2CC)cc1Cl. The normalized spacial score (nSPS) is 19.4. The minimum absolute atomic E-state index is 0.462. The number of nitrogens with zero attached hydrogens (tertiary/aromatic N) is 1. The van der Waals surface area contributed by atoms with Gasteiger partial charge in [0.05, 0.1) is 19.3 Å². The molecule has 1 unspecified atom stereocenters. The van der Waals surface area contributed by atoms with E-state index in [0.717, 1.165) is 50.7 Å². The Morgan fingerprint density at radius 3 is 2.95 bits per heavy atom. The van der Waals surface area contributed by atoms with Gasteiger partial charge in [0.1, 0.15) is 0 Å². The number of hydrogen-bond donors (Lipinski definition) is 1. The zero-order valence-electron chi connectivity index (χ0n) is 12.5. The van der Waals surface area contributed by atoms with Crippen molar-refractivity contribution >= 4 is 17.3 Å². The highest BCUT2D eigenvalue weighted by atomic mass is 35.5. The first-order valence-electron chi connectivity index (χ1n) is 7.59. The molecule has 1 atom stereocenters. The van der Waals surface area contributed by atoms with Crippen molar-refractivity contribution < 1.29 is 4.74 Å². The van der Waals surface area contributed by atoms with Gasteiger partial charge in [0, 0.05) is 23.8 Å². The monoisotopic (exact) mass is 296 g/mol. The fraction of sp³-hybridized carbons (Fsp3) is 0.625. The Kier molecular flexibility index (Phi) is 6.14. The summed E-state index contributed by atoms with van der Waals surface area (Å²) in [5.74, 6) is 0. The average molecular weight is 297 g/mol. The number of halogens is 1. The molecule has 0 amide bonds. The molecule has 3 nitrogen and oxygen atoms in total. The van der Waals surface area contributed by atoms with Gasteiger partial charge >= 0.3 is 0 Å². The van der Waals surface area contributed by atoms with E-state index in [1.165, 1.54) is 11.3 Å². The van der Waals surface area contributed by atoms with Gasteiger partial charge in [-0.15, -0.1) is 0 Å². The van der Waals surface area contributed by atoms with Gasteiger partial charge in [-0.05, 0) is 37.1 Å². The maximum Gasteiger partial charge on any atom is 0.0670 e. The molecular formula is C16H25ClN2O. The van der Waals surface area contributed by atoms with Crippen molar-refractivity contribution in [2.45, 2.75) is 39.3 Å². The number of benzene rings is 1. The van der Waals surface area contributed by atoms with Crippen LogP contribution in [0.5, 0.6) is 0 Å². The van der Waals surface area contributed by atoms with Gasteiger partial charge in [-0.25, -0.2) is 0 Å². The molecule has 1 aliphatic rings. The molecule has 0 aliphatic carbocycles. The van der Waals surface area contributed by atoms with Crippen molar-refractivity contribution in [3.05, 3.63) is 28.8 Å². The Bertz CT molecular complexity index is 425. The summed E-state index contributed by atoms with van der Waals surface area (Å²) in [5.41, 5.74) is 2.38. The van der Waals surface area contributed by atoms with Crippen molar-refractivity contribution in [2.24, 2.45) is 0 Å². The van der Waals surface area contributed by atoms with Crippen molar-refractivity contribution in [2.75, 3.05) is 31.2 Å². The third-order valence-electron chi connectivity index (χ3n) is 3.81. The Morgan fingerprint density at radius 2 is 2.25 bits per heavy atom. The van der Waals surface area contributed by atoms with E-state index in [1.54, 1.807) is 0 Å². The summed E-state index contributed by atoms with van der Waals surface area (Å²) in [6.45, 7) is 8.80. The molecule has 1 aromatic carbocycles. The van der Waals surface area contributed by atoms with Gasteiger partial charge in [-0.3, -0.25) is 0 Å². The Labute approximate surface area is 127 Å². The molecule has 1 aromatic rings. The molecule has 0 spiro atoms. The summed E-state index contributed by atoms with van der Waals surface area (Å²) in [4.78, 5) is 2.42. The first-order chi connectivity index (χ1) is 9.76. The quantitative estimate of drug-likeness (QED) is 0.814. The van der Waals surface area contributed by atoms with E-state index in [-0.39, 0.29) is 0 Å². The van der Waals surface area contributed by atoms with Crippen LogP contribution in [0.15, 0.2) is 18.2 Å². The van der Waals surface area contributed by atoms with E-state index < -0.39 is 0 Å². The zero-order chi connectivity index (χ0) is 14.4. The van der Waals surface area contributed by atoms with Gasteiger partial charge in [0.25, 0.3) is 0 Å². The molecule has 0 saturated carbocycles. The molecule has 1 saturated heterocycles.